The number of hydrogen-bond donors (Lipinski definition) is 1. The van der Waals surface area contributed by atoms with Crippen LogP contribution in [0.1, 0.15) is 36.8 Å². The summed E-state index contributed by atoms with van der Waals surface area (Å²) in [4.78, 5) is 12.8. The number of hydrogen-bond acceptors (Lipinski definition) is 3. The van der Waals surface area contributed by atoms with E-state index < -0.39 is 11.8 Å². The van der Waals surface area contributed by atoms with Crippen LogP contribution in [0.5, 0.6) is 0 Å². The van der Waals surface area contributed by atoms with Crippen molar-refractivity contribution in [1.29, 1.82) is 5.26 Å². The Morgan fingerprint density at radius 3 is 2.70 bits per heavy atom. The Balaban J connectivity index is 2.16. The molecule has 0 spiro atoms. The molecule has 0 unspecified atom stereocenters. The Morgan fingerprint density at radius 2 is 2.10 bits per heavy atom. The van der Waals surface area contributed by atoms with Gasteiger partial charge in [-0.1, -0.05) is 12.8 Å². The Bertz CT molecular complexity index is 533. The second-order valence-corrected chi connectivity index (χ2v) is 5.20. The molecular weight excluding hydrogens is 259 g/mol. The lowest BCUT2D eigenvalue weighted by Gasteiger charge is -2.27. The maximum atomic E-state index is 13.4. The second-order valence-electron chi connectivity index (χ2n) is 5.20. The molecule has 4 nitrogen and oxygen atoms in total. The van der Waals surface area contributed by atoms with Gasteiger partial charge in [-0.15, -0.1) is 0 Å². The van der Waals surface area contributed by atoms with Gasteiger partial charge in [-0.3, -0.25) is 9.69 Å². The van der Waals surface area contributed by atoms with Crippen molar-refractivity contribution in [3.63, 3.8) is 0 Å². The summed E-state index contributed by atoms with van der Waals surface area (Å²) >= 11 is 0. The molecule has 1 fully saturated rings. The van der Waals surface area contributed by atoms with E-state index in [9.17, 15) is 9.18 Å². The Hall–Kier alpha value is -1.93. The molecule has 1 N–H and O–H groups in total. The summed E-state index contributed by atoms with van der Waals surface area (Å²) < 4.78 is 13.4. The molecule has 0 saturated heterocycles. The molecule has 0 bridgehead atoms. The van der Waals surface area contributed by atoms with E-state index in [-0.39, 0.29) is 18.2 Å². The third-order valence-corrected chi connectivity index (χ3v) is 3.65. The molecule has 0 aromatic heterocycles. The van der Waals surface area contributed by atoms with E-state index in [1.54, 1.807) is 6.07 Å². The fraction of sp³-hybridized carbons (Fsp3) is 0.467. The monoisotopic (exact) mass is 276 g/mol. The number of rotatable bonds is 5. The number of carboxylic acids is 1. The molecule has 0 aliphatic heterocycles. The summed E-state index contributed by atoms with van der Waals surface area (Å²) in [5, 5.41) is 17.9. The van der Waals surface area contributed by atoms with Gasteiger partial charge in [0.15, 0.2) is 0 Å². The molecule has 1 aliphatic rings. The highest BCUT2D eigenvalue weighted by molar-refractivity contribution is 5.69. The molecule has 106 valence electrons. The van der Waals surface area contributed by atoms with Gasteiger partial charge in [0.2, 0.25) is 0 Å². The number of nitriles is 1. The average Bonchev–Trinajstić information content (AvgIpc) is 2.90. The van der Waals surface area contributed by atoms with Gasteiger partial charge in [0.05, 0.1) is 18.2 Å². The van der Waals surface area contributed by atoms with Gasteiger partial charge in [0.1, 0.15) is 5.82 Å². The van der Waals surface area contributed by atoms with E-state index in [1.165, 1.54) is 12.1 Å². The van der Waals surface area contributed by atoms with Gasteiger partial charge in [-0.25, -0.2) is 4.39 Å². The third-order valence-electron chi connectivity index (χ3n) is 3.65. The number of carbonyl (C=O) groups is 1. The van der Waals surface area contributed by atoms with Crippen molar-refractivity contribution < 1.29 is 14.3 Å². The fourth-order valence-corrected chi connectivity index (χ4v) is 2.80. The molecule has 1 aliphatic carbocycles. The highest BCUT2D eigenvalue weighted by atomic mass is 19.1. The first kappa shape index (κ1) is 14.5. The quantitative estimate of drug-likeness (QED) is 0.897. The van der Waals surface area contributed by atoms with Gasteiger partial charge < -0.3 is 5.11 Å². The lowest BCUT2D eigenvalue weighted by molar-refractivity contribution is -0.139. The molecule has 0 heterocycles. The molecule has 0 radical (unpaired) electrons. The van der Waals surface area contributed by atoms with Crippen LogP contribution in [0, 0.1) is 17.1 Å². The van der Waals surface area contributed by atoms with Crippen LogP contribution in [0.15, 0.2) is 18.2 Å². The number of nitrogens with zero attached hydrogens (tertiary/aromatic N) is 2. The standard InChI is InChI=1S/C15H17FN2O2/c16-13-6-11(8-17)5-12(7-13)9-18(10-15(19)20)14-3-1-2-4-14/h5-7,14H,1-4,9-10H2,(H,19,20). The van der Waals surface area contributed by atoms with Crippen molar-refractivity contribution in [1.82, 2.24) is 4.90 Å². The fourth-order valence-electron chi connectivity index (χ4n) is 2.80. The smallest absolute Gasteiger partial charge is 0.317 e. The zero-order chi connectivity index (χ0) is 14.5. The van der Waals surface area contributed by atoms with E-state index in [1.807, 2.05) is 11.0 Å². The van der Waals surface area contributed by atoms with Crippen LogP contribution in [0.2, 0.25) is 0 Å². The van der Waals surface area contributed by atoms with Gasteiger partial charge in [0.25, 0.3) is 0 Å². The lowest BCUT2D eigenvalue weighted by atomic mass is 10.1. The number of aliphatic carboxylic acids is 1. The topological polar surface area (TPSA) is 64.3 Å². The summed E-state index contributed by atoms with van der Waals surface area (Å²) in [5.41, 5.74) is 0.913. The van der Waals surface area contributed by atoms with Gasteiger partial charge in [-0.05, 0) is 36.6 Å². The van der Waals surface area contributed by atoms with Gasteiger partial charge >= 0.3 is 5.97 Å². The second kappa shape index (κ2) is 6.49. The average molecular weight is 276 g/mol. The first-order valence-electron chi connectivity index (χ1n) is 6.74. The number of carboxylic acid groups (broad SMARTS) is 1. The van der Waals surface area contributed by atoms with Crippen LogP contribution >= 0.6 is 0 Å². The van der Waals surface area contributed by atoms with E-state index in [0.717, 1.165) is 25.7 Å². The molecule has 1 aromatic rings. The van der Waals surface area contributed by atoms with Crippen LogP contribution in [0.25, 0.3) is 0 Å². The number of halogens is 1. The van der Waals surface area contributed by atoms with Crippen LogP contribution in [-0.4, -0.2) is 28.6 Å². The molecule has 5 heteroatoms. The largest absolute Gasteiger partial charge is 0.480 e. The maximum Gasteiger partial charge on any atom is 0.317 e. The number of benzene rings is 1. The highest BCUT2D eigenvalue weighted by Crippen LogP contribution is 2.25. The van der Waals surface area contributed by atoms with Crippen LogP contribution in [0.3, 0.4) is 0 Å². The Morgan fingerprint density at radius 1 is 1.40 bits per heavy atom. The van der Waals surface area contributed by atoms with Crippen molar-refractivity contribution in [3.05, 3.63) is 35.1 Å². The molecule has 1 saturated carbocycles. The summed E-state index contributed by atoms with van der Waals surface area (Å²) in [6.07, 6.45) is 4.17. The molecular formula is C15H17FN2O2. The first-order valence-corrected chi connectivity index (χ1v) is 6.74. The van der Waals surface area contributed by atoms with Crippen LogP contribution < -0.4 is 0 Å². The van der Waals surface area contributed by atoms with Gasteiger partial charge in [0, 0.05) is 12.6 Å². The predicted molar refractivity (Wildman–Crippen MR) is 71.4 cm³/mol. The third kappa shape index (κ3) is 3.78. The van der Waals surface area contributed by atoms with E-state index in [0.29, 0.717) is 12.1 Å². The minimum absolute atomic E-state index is 0.0525. The first-order chi connectivity index (χ1) is 9.58. The highest BCUT2D eigenvalue weighted by Gasteiger charge is 2.24. The molecule has 0 amide bonds. The predicted octanol–water partition coefficient (Wildman–Crippen LogP) is 2.53. The minimum atomic E-state index is -0.881. The van der Waals surface area contributed by atoms with Crippen LogP contribution in [-0.2, 0) is 11.3 Å². The summed E-state index contributed by atoms with van der Waals surface area (Å²) in [6, 6.07) is 6.32. The summed E-state index contributed by atoms with van der Waals surface area (Å²) in [5.74, 6) is -1.34. The van der Waals surface area contributed by atoms with Crippen molar-refractivity contribution in [2.75, 3.05) is 6.54 Å². The van der Waals surface area contributed by atoms with Crippen molar-refractivity contribution in [2.45, 2.75) is 38.3 Å². The van der Waals surface area contributed by atoms with Crippen molar-refractivity contribution >= 4 is 5.97 Å². The van der Waals surface area contributed by atoms with Gasteiger partial charge in [-0.2, -0.15) is 5.26 Å². The zero-order valence-corrected chi connectivity index (χ0v) is 11.2. The van der Waals surface area contributed by atoms with Crippen LogP contribution in [0.4, 0.5) is 4.39 Å². The molecule has 1 aromatic carbocycles. The molecule has 2 rings (SSSR count). The minimum Gasteiger partial charge on any atom is -0.480 e. The molecule has 20 heavy (non-hydrogen) atoms. The lowest BCUT2D eigenvalue weighted by Crippen LogP contribution is -2.37. The summed E-state index contributed by atoms with van der Waals surface area (Å²) in [7, 11) is 0. The van der Waals surface area contributed by atoms with E-state index >= 15 is 0 Å². The SMILES string of the molecule is N#Cc1cc(F)cc(CN(CC(=O)O)C2CCCC2)c1. The molecule has 0 atom stereocenters. The van der Waals surface area contributed by atoms with E-state index in [4.69, 9.17) is 10.4 Å². The normalized spacial score (nSPS) is 15.4. The zero-order valence-electron chi connectivity index (χ0n) is 11.2. The van der Waals surface area contributed by atoms with E-state index in [2.05, 4.69) is 0 Å². The Labute approximate surface area is 117 Å². The van der Waals surface area contributed by atoms with Crippen molar-refractivity contribution in [3.8, 4) is 6.07 Å². The van der Waals surface area contributed by atoms with Crippen molar-refractivity contribution in [2.24, 2.45) is 0 Å². The summed E-state index contributed by atoms with van der Waals surface area (Å²) in [6.45, 7) is 0.312. The maximum absolute atomic E-state index is 13.4. The Kier molecular flexibility index (Phi) is 4.70.